The first-order valence-corrected chi connectivity index (χ1v) is 9.57. The van der Waals surface area contributed by atoms with Crippen LogP contribution in [0.4, 0.5) is 0 Å². The van der Waals surface area contributed by atoms with Gasteiger partial charge >= 0.3 is 0 Å². The molecule has 1 atom stereocenters. The zero-order valence-electron chi connectivity index (χ0n) is 15.7. The van der Waals surface area contributed by atoms with Gasteiger partial charge in [0.1, 0.15) is 5.75 Å². The third-order valence-corrected chi connectivity index (χ3v) is 5.43. The molecule has 3 rings (SSSR count). The number of nitrogens with one attached hydrogen (secondary N) is 1. The highest BCUT2D eigenvalue weighted by molar-refractivity contribution is 14.0. The molecule has 0 aliphatic carbocycles. The Morgan fingerprint density at radius 1 is 1.31 bits per heavy atom. The van der Waals surface area contributed by atoms with Crippen molar-refractivity contribution in [2.45, 2.75) is 25.8 Å². The van der Waals surface area contributed by atoms with E-state index in [-0.39, 0.29) is 24.0 Å². The molecule has 2 saturated heterocycles. The van der Waals surface area contributed by atoms with Crippen LogP contribution in [0.25, 0.3) is 0 Å². The summed E-state index contributed by atoms with van der Waals surface area (Å²) in [4.78, 5) is 9.47. The smallest absolute Gasteiger partial charge is 0.193 e. The van der Waals surface area contributed by atoms with Gasteiger partial charge in [0.15, 0.2) is 5.96 Å². The zero-order chi connectivity index (χ0) is 17.6. The Bertz CT molecular complexity index is 607. The van der Waals surface area contributed by atoms with Crippen LogP contribution in [0.15, 0.2) is 23.2 Å². The molecule has 2 fully saturated rings. The highest BCUT2D eigenvalue weighted by atomic mass is 127. The van der Waals surface area contributed by atoms with Gasteiger partial charge in [0.2, 0.25) is 0 Å². The number of ether oxygens (including phenoxy) is 1. The first kappa shape index (κ1) is 21.6. The number of methoxy groups -OCH3 is 1. The summed E-state index contributed by atoms with van der Waals surface area (Å²) < 4.78 is 5.43. The second-order valence-corrected chi connectivity index (χ2v) is 7.40. The molecule has 1 aromatic carbocycles. The summed E-state index contributed by atoms with van der Waals surface area (Å²) in [6.07, 6.45) is 3.98. The molecule has 2 heterocycles. The largest absolute Gasteiger partial charge is 0.496 e. The molecule has 0 bridgehead atoms. The van der Waals surface area contributed by atoms with Gasteiger partial charge in [-0.05, 0) is 50.4 Å². The number of rotatable bonds is 5. The van der Waals surface area contributed by atoms with E-state index in [2.05, 4.69) is 20.1 Å². The van der Waals surface area contributed by atoms with E-state index >= 15 is 0 Å². The van der Waals surface area contributed by atoms with Crippen LogP contribution < -0.4 is 10.1 Å². The summed E-state index contributed by atoms with van der Waals surface area (Å²) in [7, 11) is 3.53. The van der Waals surface area contributed by atoms with Gasteiger partial charge in [-0.15, -0.1) is 24.0 Å². The van der Waals surface area contributed by atoms with Crippen LogP contribution in [0.3, 0.4) is 0 Å². The van der Waals surface area contributed by atoms with E-state index in [1.165, 1.54) is 38.9 Å². The van der Waals surface area contributed by atoms with Crippen LogP contribution in [-0.4, -0.2) is 62.6 Å². The third-order valence-electron chi connectivity index (χ3n) is 5.20. The van der Waals surface area contributed by atoms with E-state index < -0.39 is 0 Å². The summed E-state index contributed by atoms with van der Waals surface area (Å²) >= 11 is 6.04. The van der Waals surface area contributed by atoms with Gasteiger partial charge in [-0.3, -0.25) is 4.99 Å². The maximum absolute atomic E-state index is 6.04. The van der Waals surface area contributed by atoms with E-state index in [9.17, 15) is 0 Å². The molecule has 0 saturated carbocycles. The minimum Gasteiger partial charge on any atom is -0.496 e. The van der Waals surface area contributed by atoms with Gasteiger partial charge in [-0.25, -0.2) is 0 Å². The Hall–Kier alpha value is -0.730. The lowest BCUT2D eigenvalue weighted by atomic mass is 10.1. The van der Waals surface area contributed by atoms with E-state index in [1.54, 1.807) is 7.11 Å². The van der Waals surface area contributed by atoms with Gasteiger partial charge < -0.3 is 19.9 Å². The van der Waals surface area contributed by atoms with Crippen molar-refractivity contribution in [3.05, 3.63) is 28.8 Å². The Morgan fingerprint density at radius 3 is 2.77 bits per heavy atom. The molecule has 1 unspecified atom stereocenters. The second-order valence-electron chi connectivity index (χ2n) is 6.97. The van der Waals surface area contributed by atoms with Crippen molar-refractivity contribution >= 4 is 41.5 Å². The fourth-order valence-corrected chi connectivity index (χ4v) is 4.04. The van der Waals surface area contributed by atoms with Crippen molar-refractivity contribution in [3.8, 4) is 5.75 Å². The summed E-state index contributed by atoms with van der Waals surface area (Å²) in [6.45, 7) is 6.64. The minimum absolute atomic E-state index is 0. The molecule has 5 nitrogen and oxygen atoms in total. The summed E-state index contributed by atoms with van der Waals surface area (Å²) in [5, 5.41) is 4.16. The number of guanidine groups is 1. The first-order valence-electron chi connectivity index (χ1n) is 9.20. The topological polar surface area (TPSA) is 40.1 Å². The highest BCUT2D eigenvalue weighted by Crippen LogP contribution is 2.23. The lowest BCUT2D eigenvalue weighted by Gasteiger charge is -2.23. The average Bonchev–Trinajstić information content (AvgIpc) is 3.29. The average molecular weight is 493 g/mol. The number of halogens is 2. The van der Waals surface area contributed by atoms with E-state index in [0.29, 0.717) is 11.6 Å². The number of benzene rings is 1. The quantitative estimate of drug-likeness (QED) is 0.388. The van der Waals surface area contributed by atoms with E-state index in [0.717, 1.165) is 36.3 Å². The number of hydrogen-bond donors (Lipinski definition) is 1. The molecule has 7 heteroatoms. The normalized spacial score (nSPS) is 21.0. The van der Waals surface area contributed by atoms with E-state index in [1.807, 2.05) is 25.2 Å². The van der Waals surface area contributed by atoms with Crippen molar-refractivity contribution in [2.75, 3.05) is 46.9 Å². The molecule has 0 radical (unpaired) electrons. The molecule has 146 valence electrons. The van der Waals surface area contributed by atoms with Gasteiger partial charge in [-0.2, -0.15) is 0 Å². The van der Waals surface area contributed by atoms with Crippen LogP contribution in [-0.2, 0) is 6.54 Å². The number of aliphatic imine (C=N–C) groups is 1. The van der Waals surface area contributed by atoms with Crippen molar-refractivity contribution in [3.63, 3.8) is 0 Å². The maximum Gasteiger partial charge on any atom is 0.193 e. The fraction of sp³-hybridized carbons (Fsp3) is 0.632. The lowest BCUT2D eigenvalue weighted by Crippen LogP contribution is -2.40. The van der Waals surface area contributed by atoms with Crippen molar-refractivity contribution in [2.24, 2.45) is 10.9 Å². The molecule has 0 spiro atoms. The van der Waals surface area contributed by atoms with Crippen LogP contribution in [0.5, 0.6) is 5.75 Å². The van der Waals surface area contributed by atoms with Crippen LogP contribution in [0.1, 0.15) is 24.8 Å². The van der Waals surface area contributed by atoms with Gasteiger partial charge in [0.05, 0.1) is 7.11 Å². The maximum atomic E-state index is 6.04. The Labute approximate surface area is 179 Å². The van der Waals surface area contributed by atoms with Crippen LogP contribution in [0, 0.1) is 5.92 Å². The summed E-state index contributed by atoms with van der Waals surface area (Å²) in [5.74, 6) is 2.53. The second kappa shape index (κ2) is 10.6. The van der Waals surface area contributed by atoms with Crippen molar-refractivity contribution < 1.29 is 4.74 Å². The third kappa shape index (κ3) is 5.63. The molecular weight excluding hydrogens is 463 g/mol. The number of hydrogen-bond acceptors (Lipinski definition) is 3. The fourth-order valence-electron chi connectivity index (χ4n) is 3.88. The predicted molar refractivity (Wildman–Crippen MR) is 119 cm³/mol. The summed E-state index contributed by atoms with van der Waals surface area (Å²) in [5.41, 5.74) is 1.08. The molecule has 26 heavy (non-hydrogen) atoms. The Balaban J connectivity index is 0.00000243. The monoisotopic (exact) mass is 492 g/mol. The number of likely N-dealkylation sites (tertiary alicyclic amines) is 2. The molecule has 2 aliphatic rings. The Morgan fingerprint density at radius 2 is 2.08 bits per heavy atom. The molecule has 0 amide bonds. The SMILES string of the molecule is CN=C(NCc1ccc(Cl)cc1OC)N1CCC(CN2CCCC2)C1.I. The van der Waals surface area contributed by atoms with E-state index in [4.69, 9.17) is 16.3 Å². The van der Waals surface area contributed by atoms with Gasteiger partial charge in [0, 0.05) is 43.8 Å². The highest BCUT2D eigenvalue weighted by Gasteiger charge is 2.27. The predicted octanol–water partition coefficient (Wildman–Crippen LogP) is 3.46. The van der Waals surface area contributed by atoms with Crippen LogP contribution in [0.2, 0.25) is 5.02 Å². The zero-order valence-corrected chi connectivity index (χ0v) is 18.8. The van der Waals surface area contributed by atoms with Crippen molar-refractivity contribution in [1.29, 1.82) is 0 Å². The molecule has 1 aromatic rings. The van der Waals surface area contributed by atoms with Crippen molar-refractivity contribution in [1.82, 2.24) is 15.1 Å². The standard InChI is InChI=1S/C19H29ClN4O.HI/c1-21-19(22-12-16-5-6-17(20)11-18(16)25-2)24-10-7-15(14-24)13-23-8-3-4-9-23;/h5-6,11,15H,3-4,7-10,12-14H2,1-2H3,(H,21,22);1H. The number of nitrogens with zero attached hydrogens (tertiary/aromatic N) is 3. The minimum atomic E-state index is 0. The molecule has 2 aliphatic heterocycles. The summed E-state index contributed by atoms with van der Waals surface area (Å²) in [6, 6.07) is 5.75. The van der Waals surface area contributed by atoms with Gasteiger partial charge in [0.25, 0.3) is 0 Å². The molecule has 1 N–H and O–H groups in total. The molecule has 0 aromatic heterocycles. The van der Waals surface area contributed by atoms with Crippen LogP contribution >= 0.6 is 35.6 Å². The lowest BCUT2D eigenvalue weighted by molar-refractivity contribution is 0.281. The first-order chi connectivity index (χ1) is 12.2. The van der Waals surface area contributed by atoms with Gasteiger partial charge in [-0.1, -0.05) is 17.7 Å². The molecular formula is C19H30ClIN4O. The Kier molecular flexibility index (Phi) is 8.76.